The Kier molecular flexibility index (Phi) is 6.46. The van der Waals surface area contributed by atoms with Crippen LogP contribution in [-0.4, -0.2) is 49.1 Å². The van der Waals surface area contributed by atoms with E-state index in [1.807, 2.05) is 13.8 Å². The molecule has 0 saturated heterocycles. The Morgan fingerprint density at radius 2 is 1.61 bits per heavy atom. The lowest BCUT2D eigenvalue weighted by atomic mass is 9.78. The molecular formula is C23H35N3O4Si. The molecule has 1 fully saturated rings. The van der Waals surface area contributed by atoms with E-state index in [4.69, 9.17) is 4.43 Å². The maximum absolute atomic E-state index is 12.6. The van der Waals surface area contributed by atoms with E-state index in [-0.39, 0.29) is 46.9 Å². The number of rotatable bonds is 7. The number of imide groups is 1. The number of nitrogens with one attached hydrogen (secondary N) is 2. The molecule has 1 heterocycles. The van der Waals surface area contributed by atoms with Gasteiger partial charge in [-0.05, 0) is 57.0 Å². The van der Waals surface area contributed by atoms with E-state index in [1.165, 1.54) is 4.90 Å². The average molecular weight is 446 g/mol. The molecule has 3 rings (SSSR count). The summed E-state index contributed by atoms with van der Waals surface area (Å²) < 4.78 is 6.38. The highest BCUT2D eigenvalue weighted by Crippen LogP contribution is 2.38. The average Bonchev–Trinajstić information content (AvgIpc) is 2.89. The standard InChI is InChI=1S/C23H35N3O4Si/c1-14(15(2)30-31(6,7)23(3,4)5)24-25-20(27)16-12-17(13-16)26-21(28)18-10-8-9-11-19(18)22(26)29/h8-11,14-17,24H,12-13H2,1-7H3,(H,25,27)/t14?,15-,16-,17-/m1/s1. The van der Waals surface area contributed by atoms with E-state index in [0.29, 0.717) is 24.0 Å². The number of hydrogen-bond donors (Lipinski definition) is 2. The Hall–Kier alpha value is -2.03. The number of nitrogens with zero attached hydrogens (tertiary/aromatic N) is 1. The molecule has 2 aliphatic rings. The summed E-state index contributed by atoms with van der Waals surface area (Å²) in [7, 11) is -1.89. The van der Waals surface area contributed by atoms with Gasteiger partial charge in [0.2, 0.25) is 5.91 Å². The lowest BCUT2D eigenvalue weighted by Crippen LogP contribution is -2.56. The largest absolute Gasteiger partial charge is 0.413 e. The highest BCUT2D eigenvalue weighted by Gasteiger charge is 2.47. The number of hydrazine groups is 1. The van der Waals surface area contributed by atoms with Crippen molar-refractivity contribution >= 4 is 26.0 Å². The van der Waals surface area contributed by atoms with Crippen molar-refractivity contribution in [3.63, 3.8) is 0 Å². The molecular weight excluding hydrogens is 410 g/mol. The van der Waals surface area contributed by atoms with Crippen LogP contribution in [0.2, 0.25) is 18.1 Å². The SMILES string of the molecule is CC(NNC(=O)[C@H]1C[C@H](N2C(=O)c3ccccc3C2=O)C1)[C@@H](C)O[Si](C)(C)C(C)(C)C. The fourth-order valence-electron chi connectivity index (χ4n) is 3.70. The first kappa shape index (κ1) is 23.6. The summed E-state index contributed by atoms with van der Waals surface area (Å²) in [6, 6.07) is 6.60. The number of fused-ring (bicyclic) bond motifs is 1. The number of carbonyl (C=O) groups is 3. The van der Waals surface area contributed by atoms with Gasteiger partial charge in [0.25, 0.3) is 11.8 Å². The third-order valence-corrected chi connectivity index (χ3v) is 11.7. The van der Waals surface area contributed by atoms with Crippen molar-refractivity contribution in [3.05, 3.63) is 35.4 Å². The Labute approximate surface area is 186 Å². The van der Waals surface area contributed by atoms with Crippen LogP contribution in [0.4, 0.5) is 0 Å². The normalized spacial score (nSPS) is 23.3. The predicted octanol–water partition coefficient (Wildman–Crippen LogP) is 3.48. The molecule has 0 bridgehead atoms. The van der Waals surface area contributed by atoms with Gasteiger partial charge in [-0.1, -0.05) is 32.9 Å². The molecule has 0 aromatic heterocycles. The van der Waals surface area contributed by atoms with Crippen LogP contribution in [-0.2, 0) is 9.22 Å². The highest BCUT2D eigenvalue weighted by molar-refractivity contribution is 6.74. The first-order valence-electron chi connectivity index (χ1n) is 11.0. The van der Waals surface area contributed by atoms with Gasteiger partial charge in [0, 0.05) is 18.0 Å². The van der Waals surface area contributed by atoms with E-state index in [2.05, 4.69) is 44.7 Å². The second-order valence-corrected chi connectivity index (χ2v) is 15.1. The van der Waals surface area contributed by atoms with Gasteiger partial charge < -0.3 is 4.43 Å². The second kappa shape index (κ2) is 8.48. The molecule has 2 atom stereocenters. The summed E-state index contributed by atoms with van der Waals surface area (Å²) in [5, 5.41) is 0.120. The van der Waals surface area contributed by atoms with Crippen LogP contribution in [0.5, 0.6) is 0 Å². The van der Waals surface area contributed by atoms with Crippen LogP contribution in [0.15, 0.2) is 24.3 Å². The smallest absolute Gasteiger partial charge is 0.261 e. The van der Waals surface area contributed by atoms with Gasteiger partial charge in [0.05, 0.1) is 17.2 Å². The lowest BCUT2D eigenvalue weighted by Gasteiger charge is -2.40. The van der Waals surface area contributed by atoms with Crippen LogP contribution >= 0.6 is 0 Å². The van der Waals surface area contributed by atoms with Crippen molar-refractivity contribution in [1.82, 2.24) is 15.8 Å². The molecule has 1 aliphatic heterocycles. The molecule has 8 heteroatoms. The molecule has 1 unspecified atom stereocenters. The first-order chi connectivity index (χ1) is 14.3. The van der Waals surface area contributed by atoms with Crippen LogP contribution in [0.25, 0.3) is 0 Å². The third-order valence-electron chi connectivity index (χ3n) is 7.09. The highest BCUT2D eigenvalue weighted by atomic mass is 28.4. The van der Waals surface area contributed by atoms with Gasteiger partial charge in [-0.2, -0.15) is 0 Å². The Balaban J connectivity index is 1.46. The molecule has 0 spiro atoms. The van der Waals surface area contributed by atoms with Gasteiger partial charge in [-0.25, -0.2) is 5.43 Å². The van der Waals surface area contributed by atoms with Crippen molar-refractivity contribution in [3.8, 4) is 0 Å². The summed E-state index contributed by atoms with van der Waals surface area (Å²) in [5.74, 6) is -0.842. The molecule has 7 nitrogen and oxygen atoms in total. The summed E-state index contributed by atoms with van der Waals surface area (Å²) in [4.78, 5) is 39.0. The topological polar surface area (TPSA) is 87.7 Å². The fourth-order valence-corrected chi connectivity index (χ4v) is 5.19. The maximum atomic E-state index is 12.6. The molecule has 1 saturated carbocycles. The van der Waals surface area contributed by atoms with Crippen molar-refractivity contribution < 1.29 is 18.8 Å². The van der Waals surface area contributed by atoms with Crippen LogP contribution < -0.4 is 10.9 Å². The minimum absolute atomic E-state index is 0.0475. The third kappa shape index (κ3) is 4.61. The zero-order valence-electron chi connectivity index (χ0n) is 19.6. The van der Waals surface area contributed by atoms with Crippen LogP contribution in [0, 0.1) is 5.92 Å². The predicted molar refractivity (Wildman–Crippen MR) is 122 cm³/mol. The van der Waals surface area contributed by atoms with Crippen LogP contribution in [0.3, 0.4) is 0 Å². The summed E-state index contributed by atoms with van der Waals surface area (Å²) in [5.41, 5.74) is 6.77. The molecule has 0 radical (unpaired) electrons. The molecule has 3 amide bonds. The van der Waals surface area contributed by atoms with Crippen molar-refractivity contribution in [2.75, 3.05) is 0 Å². The summed E-state index contributed by atoms with van der Waals surface area (Å²) in [6.45, 7) is 15.0. The Morgan fingerprint density at radius 1 is 1.10 bits per heavy atom. The monoisotopic (exact) mass is 445 g/mol. The zero-order chi connectivity index (χ0) is 23.1. The minimum Gasteiger partial charge on any atom is -0.413 e. The Morgan fingerprint density at radius 3 is 2.10 bits per heavy atom. The number of hydrogen-bond acceptors (Lipinski definition) is 5. The molecule has 31 heavy (non-hydrogen) atoms. The van der Waals surface area contributed by atoms with E-state index >= 15 is 0 Å². The van der Waals surface area contributed by atoms with Crippen molar-refractivity contribution in [1.29, 1.82) is 0 Å². The molecule has 1 aromatic carbocycles. The molecule has 1 aromatic rings. The number of carbonyl (C=O) groups excluding carboxylic acids is 3. The minimum atomic E-state index is -1.89. The maximum Gasteiger partial charge on any atom is 0.261 e. The molecule has 170 valence electrons. The zero-order valence-corrected chi connectivity index (χ0v) is 20.6. The molecule has 1 aliphatic carbocycles. The van der Waals surface area contributed by atoms with Gasteiger partial charge >= 0.3 is 0 Å². The number of amides is 3. The van der Waals surface area contributed by atoms with Crippen LogP contribution in [0.1, 0.15) is 68.2 Å². The summed E-state index contributed by atoms with van der Waals surface area (Å²) >= 11 is 0. The van der Waals surface area contributed by atoms with E-state index in [0.717, 1.165) is 0 Å². The van der Waals surface area contributed by atoms with E-state index < -0.39 is 8.32 Å². The van der Waals surface area contributed by atoms with Gasteiger partial charge in [-0.3, -0.25) is 24.7 Å². The molecule has 2 N–H and O–H groups in total. The van der Waals surface area contributed by atoms with E-state index in [9.17, 15) is 14.4 Å². The van der Waals surface area contributed by atoms with Crippen molar-refractivity contribution in [2.45, 2.75) is 83.8 Å². The van der Waals surface area contributed by atoms with Gasteiger partial charge in [0.15, 0.2) is 8.32 Å². The first-order valence-corrected chi connectivity index (χ1v) is 13.9. The lowest BCUT2D eigenvalue weighted by molar-refractivity contribution is -0.130. The number of benzene rings is 1. The quantitative estimate of drug-likeness (QED) is 0.381. The van der Waals surface area contributed by atoms with Gasteiger partial charge in [0.1, 0.15) is 0 Å². The fraction of sp³-hybridized carbons (Fsp3) is 0.609. The van der Waals surface area contributed by atoms with Gasteiger partial charge in [-0.15, -0.1) is 0 Å². The Bertz CT molecular complexity index is 839. The van der Waals surface area contributed by atoms with Crippen molar-refractivity contribution in [2.24, 2.45) is 5.92 Å². The second-order valence-electron chi connectivity index (χ2n) is 10.4. The summed E-state index contributed by atoms with van der Waals surface area (Å²) in [6.07, 6.45) is 0.931. The van der Waals surface area contributed by atoms with E-state index in [1.54, 1.807) is 24.3 Å².